The van der Waals surface area contributed by atoms with Crippen LogP contribution in [-0.2, 0) is 27.5 Å². The van der Waals surface area contributed by atoms with Crippen LogP contribution in [-0.4, -0.2) is 60.4 Å². The molecule has 0 aliphatic carbocycles. The van der Waals surface area contributed by atoms with Crippen LogP contribution in [0.3, 0.4) is 0 Å². The first-order valence-electron chi connectivity index (χ1n) is 12.5. The van der Waals surface area contributed by atoms with Gasteiger partial charge in [0.1, 0.15) is 5.82 Å². The van der Waals surface area contributed by atoms with E-state index >= 15 is 0 Å². The highest BCUT2D eigenvalue weighted by Crippen LogP contribution is 2.18. The molecule has 0 aromatic heterocycles. The third-order valence-corrected chi connectivity index (χ3v) is 8.35. The Hall–Kier alpha value is -1.98. The number of carbonyl (C=O) groups excluding carboxylic acids is 2. The maximum atomic E-state index is 13.4. The van der Waals surface area contributed by atoms with E-state index in [0.29, 0.717) is 57.4 Å². The number of alkyl carbamates (subject to hydrolysis) is 1. The quantitative estimate of drug-likeness (QED) is 0.102. The van der Waals surface area contributed by atoms with E-state index in [4.69, 9.17) is 34.4 Å². The van der Waals surface area contributed by atoms with Crippen LogP contribution in [0.5, 0.6) is 0 Å². The van der Waals surface area contributed by atoms with Gasteiger partial charge in [0.05, 0.1) is 18.2 Å². The summed E-state index contributed by atoms with van der Waals surface area (Å²) >= 11 is 5.63. The third-order valence-electron chi connectivity index (χ3n) is 4.89. The molecule has 1 aromatic carbocycles. The molecule has 1 rings (SSSR count). The van der Waals surface area contributed by atoms with E-state index in [-0.39, 0.29) is 11.6 Å². The van der Waals surface area contributed by atoms with Crippen molar-refractivity contribution in [3.8, 4) is 0 Å². The second-order valence-corrected chi connectivity index (χ2v) is 10.9. The number of rotatable bonds is 19. The van der Waals surface area contributed by atoms with Crippen LogP contribution in [0, 0.1) is 5.82 Å². The van der Waals surface area contributed by atoms with Crippen molar-refractivity contribution < 1.29 is 36.7 Å². The van der Waals surface area contributed by atoms with Crippen molar-refractivity contribution in [2.45, 2.75) is 58.9 Å². The number of halogens is 2. The summed E-state index contributed by atoms with van der Waals surface area (Å²) in [5.41, 5.74) is 0.523. The summed E-state index contributed by atoms with van der Waals surface area (Å²) in [6.07, 6.45) is 6.05. The maximum absolute atomic E-state index is 13.4. The normalized spacial score (nSPS) is 11.6. The predicted molar refractivity (Wildman–Crippen MR) is 139 cm³/mol. The number of amides is 1. The van der Waals surface area contributed by atoms with Crippen molar-refractivity contribution in [3.05, 3.63) is 40.7 Å². The number of benzene rings is 1. The first-order chi connectivity index (χ1) is 17.4. The average molecular weight is 548 g/mol. The van der Waals surface area contributed by atoms with E-state index in [1.165, 1.54) is 24.3 Å². The molecule has 11 heteroatoms. The highest BCUT2D eigenvalue weighted by atomic mass is 35.5. The fourth-order valence-electron chi connectivity index (χ4n) is 3.27. The van der Waals surface area contributed by atoms with Crippen LogP contribution in [0.1, 0.15) is 58.4 Å². The van der Waals surface area contributed by atoms with E-state index < -0.39 is 26.7 Å². The fraction of sp³-hybridized carbons (Fsp3) is 0.600. The maximum Gasteiger partial charge on any atom is 0.500 e. The van der Waals surface area contributed by atoms with Gasteiger partial charge >= 0.3 is 20.9 Å². The standard InChI is InChI=1S/C25H39ClFNO7Si/c1-4-33-36(34-5-2,35-6-3)19-11-16-28-25(30)32-18-10-8-7-9-17-31-24(29)15-13-21-12-14-22(26)23(27)20-21/h12-15,20H,4-11,16-19H2,1-3H3,(H,28,30)/b15-13+. The number of ether oxygens (including phenoxy) is 2. The highest BCUT2D eigenvalue weighted by Gasteiger charge is 2.39. The van der Waals surface area contributed by atoms with Crippen molar-refractivity contribution in [1.82, 2.24) is 5.32 Å². The van der Waals surface area contributed by atoms with Gasteiger partial charge in [-0.2, -0.15) is 0 Å². The van der Waals surface area contributed by atoms with Crippen molar-refractivity contribution in [1.29, 1.82) is 0 Å². The van der Waals surface area contributed by atoms with Crippen molar-refractivity contribution in [2.24, 2.45) is 0 Å². The second-order valence-electron chi connectivity index (χ2n) is 7.74. The molecular weight excluding hydrogens is 509 g/mol. The largest absolute Gasteiger partial charge is 0.500 e. The lowest BCUT2D eigenvalue weighted by Gasteiger charge is -2.28. The minimum Gasteiger partial charge on any atom is -0.463 e. The molecule has 0 aliphatic rings. The first kappa shape index (κ1) is 32.0. The van der Waals surface area contributed by atoms with Crippen molar-refractivity contribution >= 4 is 38.5 Å². The number of esters is 1. The van der Waals surface area contributed by atoms with Gasteiger partial charge in [-0.25, -0.2) is 14.0 Å². The Bertz CT molecular complexity index is 796. The number of carbonyl (C=O) groups is 2. The van der Waals surface area contributed by atoms with Gasteiger partial charge in [-0.3, -0.25) is 0 Å². The molecule has 0 aliphatic heterocycles. The summed E-state index contributed by atoms with van der Waals surface area (Å²) in [5.74, 6) is -1.03. The van der Waals surface area contributed by atoms with Gasteiger partial charge in [-0.15, -0.1) is 0 Å². The minimum atomic E-state index is -2.69. The molecule has 1 N–H and O–H groups in total. The molecule has 0 saturated heterocycles. The van der Waals surface area contributed by atoms with Gasteiger partial charge in [0, 0.05) is 38.5 Å². The summed E-state index contributed by atoms with van der Waals surface area (Å²) in [7, 11) is -2.69. The Morgan fingerprint density at radius 2 is 1.56 bits per heavy atom. The molecule has 1 amide bonds. The van der Waals surface area contributed by atoms with Gasteiger partial charge in [0.2, 0.25) is 0 Å². The molecular formula is C25H39ClFNO7Si. The topological polar surface area (TPSA) is 92.3 Å². The fourth-order valence-corrected chi connectivity index (χ4v) is 6.00. The smallest absolute Gasteiger partial charge is 0.463 e. The van der Waals surface area contributed by atoms with Gasteiger partial charge in [-0.05, 0) is 76.6 Å². The van der Waals surface area contributed by atoms with E-state index in [9.17, 15) is 14.0 Å². The zero-order valence-electron chi connectivity index (χ0n) is 21.5. The molecule has 204 valence electrons. The second kappa shape index (κ2) is 19.2. The van der Waals surface area contributed by atoms with Crippen molar-refractivity contribution in [3.63, 3.8) is 0 Å². The van der Waals surface area contributed by atoms with E-state index in [1.54, 1.807) is 6.07 Å². The summed E-state index contributed by atoms with van der Waals surface area (Å²) in [6, 6.07) is 4.91. The highest BCUT2D eigenvalue weighted by molar-refractivity contribution is 6.60. The van der Waals surface area contributed by atoms with E-state index in [2.05, 4.69) is 5.32 Å². The molecule has 0 fully saturated rings. The molecule has 0 saturated carbocycles. The molecule has 0 heterocycles. The van der Waals surface area contributed by atoms with Crippen LogP contribution in [0.4, 0.5) is 9.18 Å². The molecule has 36 heavy (non-hydrogen) atoms. The molecule has 0 spiro atoms. The molecule has 0 unspecified atom stereocenters. The van der Waals surface area contributed by atoms with Crippen LogP contribution in [0.25, 0.3) is 6.08 Å². The Labute approximate surface area is 219 Å². The third kappa shape index (κ3) is 13.9. The minimum absolute atomic E-state index is 0.0299. The van der Waals surface area contributed by atoms with Crippen LogP contribution < -0.4 is 5.32 Å². The monoisotopic (exact) mass is 547 g/mol. The lowest BCUT2D eigenvalue weighted by Crippen LogP contribution is -2.46. The number of unbranched alkanes of at least 4 members (excludes halogenated alkanes) is 3. The molecule has 1 aromatic rings. The van der Waals surface area contributed by atoms with Crippen LogP contribution in [0.15, 0.2) is 24.3 Å². The Morgan fingerprint density at radius 1 is 0.944 bits per heavy atom. The number of hydrogen-bond acceptors (Lipinski definition) is 7. The van der Waals surface area contributed by atoms with Crippen LogP contribution >= 0.6 is 11.6 Å². The number of hydrogen-bond donors (Lipinski definition) is 1. The molecule has 0 radical (unpaired) electrons. The van der Waals surface area contributed by atoms with Gasteiger partial charge < -0.3 is 28.1 Å². The first-order valence-corrected chi connectivity index (χ1v) is 14.8. The predicted octanol–water partition coefficient (Wildman–Crippen LogP) is 5.76. The molecule has 8 nitrogen and oxygen atoms in total. The van der Waals surface area contributed by atoms with Gasteiger partial charge in [0.15, 0.2) is 0 Å². The Kier molecular flexibility index (Phi) is 17.1. The Morgan fingerprint density at radius 3 is 2.14 bits per heavy atom. The molecule has 0 bridgehead atoms. The van der Waals surface area contributed by atoms with E-state index in [1.807, 2.05) is 20.8 Å². The molecule has 0 atom stereocenters. The zero-order chi connectivity index (χ0) is 26.7. The van der Waals surface area contributed by atoms with Gasteiger partial charge in [-0.1, -0.05) is 17.7 Å². The summed E-state index contributed by atoms with van der Waals surface area (Å²) < 4.78 is 41.1. The summed E-state index contributed by atoms with van der Waals surface area (Å²) in [4.78, 5) is 23.6. The summed E-state index contributed by atoms with van der Waals surface area (Å²) in [5, 5.41) is 2.77. The van der Waals surface area contributed by atoms with E-state index in [0.717, 1.165) is 19.3 Å². The lowest BCUT2D eigenvalue weighted by atomic mass is 10.2. The SMILES string of the molecule is CCO[Si](CCCNC(=O)OCCCCCCOC(=O)/C=C/c1ccc(Cl)c(F)c1)(OCC)OCC. The lowest BCUT2D eigenvalue weighted by molar-refractivity contribution is -0.137. The van der Waals surface area contributed by atoms with Crippen LogP contribution in [0.2, 0.25) is 11.1 Å². The Balaban J connectivity index is 2.08. The average Bonchev–Trinajstić information content (AvgIpc) is 2.84. The van der Waals surface area contributed by atoms with Crippen molar-refractivity contribution in [2.75, 3.05) is 39.6 Å². The van der Waals surface area contributed by atoms with Gasteiger partial charge in [0.25, 0.3) is 0 Å². The summed E-state index contributed by atoms with van der Waals surface area (Å²) in [6.45, 7) is 8.36. The number of nitrogens with one attached hydrogen (secondary N) is 1. The zero-order valence-corrected chi connectivity index (χ0v) is 23.2.